The summed E-state index contributed by atoms with van der Waals surface area (Å²) < 4.78 is 15.2. The highest BCUT2D eigenvalue weighted by Crippen LogP contribution is 2.37. The first-order valence-electron chi connectivity index (χ1n) is 8.98. The molecule has 0 saturated carbocycles. The standard InChI is InChI=1S/C21H18Cl2N2O6/c1-29-17-9-13(7-15(23)19(17)31-11-18(26)30-2)8-16-20(27)25(21(28)24-16)10-12-3-5-14(22)6-4-12/h3-9H,10-11H2,1-2H3,(H,24,28)/b16-8-. The lowest BCUT2D eigenvalue weighted by molar-refractivity contribution is -0.142. The van der Waals surface area contributed by atoms with Crippen LogP contribution in [0.5, 0.6) is 11.5 Å². The molecule has 1 heterocycles. The lowest BCUT2D eigenvalue weighted by Crippen LogP contribution is -2.30. The van der Waals surface area contributed by atoms with Crippen LogP contribution in [-0.4, -0.2) is 43.6 Å². The molecule has 8 nitrogen and oxygen atoms in total. The number of amides is 3. The molecule has 10 heteroatoms. The van der Waals surface area contributed by atoms with Crippen molar-refractivity contribution in [1.29, 1.82) is 0 Å². The van der Waals surface area contributed by atoms with Gasteiger partial charge in [-0.15, -0.1) is 0 Å². The number of esters is 1. The van der Waals surface area contributed by atoms with Gasteiger partial charge >= 0.3 is 12.0 Å². The van der Waals surface area contributed by atoms with Crippen molar-refractivity contribution in [2.75, 3.05) is 20.8 Å². The van der Waals surface area contributed by atoms with Crippen molar-refractivity contribution in [3.8, 4) is 11.5 Å². The van der Waals surface area contributed by atoms with Gasteiger partial charge in [0, 0.05) is 5.02 Å². The Morgan fingerprint density at radius 3 is 2.48 bits per heavy atom. The molecule has 0 bridgehead atoms. The van der Waals surface area contributed by atoms with Crippen LogP contribution in [0, 0.1) is 0 Å². The van der Waals surface area contributed by atoms with Gasteiger partial charge in [0.1, 0.15) is 5.70 Å². The Hall–Kier alpha value is -3.23. The maximum atomic E-state index is 12.7. The topological polar surface area (TPSA) is 94.2 Å². The summed E-state index contributed by atoms with van der Waals surface area (Å²) in [7, 11) is 2.65. The molecule has 0 spiro atoms. The largest absolute Gasteiger partial charge is 0.493 e. The molecule has 2 aromatic carbocycles. The Morgan fingerprint density at radius 1 is 1.13 bits per heavy atom. The molecule has 3 amide bonds. The van der Waals surface area contributed by atoms with Crippen LogP contribution in [0.2, 0.25) is 10.0 Å². The highest BCUT2D eigenvalue weighted by molar-refractivity contribution is 6.32. The number of halogens is 2. The van der Waals surface area contributed by atoms with Crippen LogP contribution in [-0.2, 0) is 20.9 Å². The lowest BCUT2D eigenvalue weighted by Gasteiger charge is -2.13. The molecule has 0 atom stereocenters. The number of hydrogen-bond donors (Lipinski definition) is 1. The number of carbonyl (C=O) groups is 3. The molecule has 3 rings (SSSR count). The van der Waals surface area contributed by atoms with E-state index < -0.39 is 17.9 Å². The third-order valence-corrected chi connectivity index (χ3v) is 4.87. The number of imide groups is 1. The molecule has 0 radical (unpaired) electrons. The van der Waals surface area contributed by atoms with Crippen molar-refractivity contribution >= 4 is 47.2 Å². The minimum atomic E-state index is -0.579. The van der Waals surface area contributed by atoms with Gasteiger partial charge in [-0.2, -0.15) is 0 Å². The quantitative estimate of drug-likeness (QED) is 0.381. The molecule has 1 N–H and O–H groups in total. The fourth-order valence-electron chi connectivity index (χ4n) is 2.81. The Labute approximate surface area is 188 Å². The van der Waals surface area contributed by atoms with Gasteiger partial charge in [-0.05, 0) is 41.5 Å². The minimum Gasteiger partial charge on any atom is -0.493 e. The number of benzene rings is 2. The van der Waals surface area contributed by atoms with E-state index in [-0.39, 0.29) is 35.4 Å². The molecular weight excluding hydrogens is 447 g/mol. The zero-order valence-electron chi connectivity index (χ0n) is 16.6. The predicted molar refractivity (Wildman–Crippen MR) is 114 cm³/mol. The van der Waals surface area contributed by atoms with E-state index in [9.17, 15) is 14.4 Å². The first-order chi connectivity index (χ1) is 14.8. The summed E-state index contributed by atoms with van der Waals surface area (Å²) in [4.78, 5) is 37.4. The van der Waals surface area contributed by atoms with Crippen molar-refractivity contribution < 1.29 is 28.6 Å². The van der Waals surface area contributed by atoms with E-state index >= 15 is 0 Å². The van der Waals surface area contributed by atoms with Gasteiger partial charge in [-0.1, -0.05) is 35.3 Å². The van der Waals surface area contributed by atoms with Gasteiger partial charge in [0.15, 0.2) is 18.1 Å². The highest BCUT2D eigenvalue weighted by Gasteiger charge is 2.33. The zero-order chi connectivity index (χ0) is 22.5. The average Bonchev–Trinajstić information content (AvgIpc) is 3.01. The third-order valence-electron chi connectivity index (χ3n) is 4.34. The number of methoxy groups -OCH3 is 2. The lowest BCUT2D eigenvalue weighted by atomic mass is 10.1. The normalized spacial score (nSPS) is 14.6. The van der Waals surface area contributed by atoms with Crippen LogP contribution >= 0.6 is 23.2 Å². The van der Waals surface area contributed by atoms with Gasteiger partial charge in [0.05, 0.1) is 25.8 Å². The van der Waals surface area contributed by atoms with Gasteiger partial charge in [0.25, 0.3) is 5.91 Å². The van der Waals surface area contributed by atoms with Crippen LogP contribution < -0.4 is 14.8 Å². The van der Waals surface area contributed by atoms with Crippen molar-refractivity contribution in [1.82, 2.24) is 10.2 Å². The van der Waals surface area contributed by atoms with Crippen molar-refractivity contribution in [2.24, 2.45) is 0 Å². The molecule has 31 heavy (non-hydrogen) atoms. The van der Waals surface area contributed by atoms with Crippen LogP contribution in [0.15, 0.2) is 42.1 Å². The minimum absolute atomic E-state index is 0.0836. The molecule has 2 aromatic rings. The summed E-state index contributed by atoms with van der Waals surface area (Å²) in [5, 5.41) is 3.27. The summed E-state index contributed by atoms with van der Waals surface area (Å²) in [6.45, 7) is -0.245. The Balaban J connectivity index is 1.81. The second-order valence-corrected chi connectivity index (χ2v) is 7.25. The van der Waals surface area contributed by atoms with Gasteiger partial charge < -0.3 is 19.5 Å². The Kier molecular flexibility index (Phi) is 7.04. The summed E-state index contributed by atoms with van der Waals surface area (Å²) >= 11 is 12.1. The first kappa shape index (κ1) is 22.5. The molecular formula is C21H18Cl2N2O6. The molecule has 1 saturated heterocycles. The smallest absolute Gasteiger partial charge is 0.343 e. The molecule has 1 fully saturated rings. The van der Waals surface area contributed by atoms with E-state index in [2.05, 4.69) is 10.1 Å². The third kappa shape index (κ3) is 5.28. The van der Waals surface area contributed by atoms with Crippen molar-refractivity contribution in [3.05, 3.63) is 63.3 Å². The molecule has 0 aromatic heterocycles. The number of rotatable bonds is 7. The number of hydrogen-bond acceptors (Lipinski definition) is 6. The second kappa shape index (κ2) is 9.72. The predicted octanol–water partition coefficient (Wildman–Crippen LogP) is 3.65. The first-order valence-corrected chi connectivity index (χ1v) is 9.74. The molecule has 1 aliphatic rings. The molecule has 0 aliphatic carbocycles. The Morgan fingerprint density at radius 2 is 1.84 bits per heavy atom. The summed E-state index contributed by atoms with van der Waals surface area (Å²) in [6, 6.07) is 9.39. The molecule has 1 aliphatic heterocycles. The SMILES string of the molecule is COC(=O)COc1c(Cl)cc(/C=C2\NC(=O)N(Cc3ccc(Cl)cc3)C2=O)cc1OC. The van der Waals surface area contributed by atoms with Gasteiger partial charge in [-0.25, -0.2) is 9.59 Å². The number of ether oxygens (including phenoxy) is 3. The fraction of sp³-hybridized carbons (Fsp3) is 0.190. The van der Waals surface area contributed by atoms with Crippen LogP contribution in [0.4, 0.5) is 4.79 Å². The van der Waals surface area contributed by atoms with Gasteiger partial charge in [-0.3, -0.25) is 9.69 Å². The molecule has 0 unspecified atom stereocenters. The average molecular weight is 465 g/mol. The summed E-state index contributed by atoms with van der Waals surface area (Å²) in [5.41, 5.74) is 1.33. The highest BCUT2D eigenvalue weighted by atomic mass is 35.5. The number of urea groups is 1. The van der Waals surface area contributed by atoms with E-state index in [1.807, 2.05) is 0 Å². The van der Waals surface area contributed by atoms with E-state index in [1.54, 1.807) is 30.3 Å². The van der Waals surface area contributed by atoms with E-state index in [4.69, 9.17) is 32.7 Å². The van der Waals surface area contributed by atoms with Gasteiger partial charge in [0.2, 0.25) is 0 Å². The maximum absolute atomic E-state index is 12.7. The van der Waals surface area contributed by atoms with Crippen LogP contribution in [0.1, 0.15) is 11.1 Å². The van der Waals surface area contributed by atoms with E-state index in [0.29, 0.717) is 10.6 Å². The Bertz CT molecular complexity index is 1050. The van der Waals surface area contributed by atoms with Crippen LogP contribution in [0.25, 0.3) is 6.08 Å². The fourth-order valence-corrected chi connectivity index (χ4v) is 3.21. The molecule has 162 valence electrons. The number of carbonyl (C=O) groups excluding carboxylic acids is 3. The van der Waals surface area contributed by atoms with E-state index in [0.717, 1.165) is 10.5 Å². The van der Waals surface area contributed by atoms with Crippen molar-refractivity contribution in [3.63, 3.8) is 0 Å². The second-order valence-electron chi connectivity index (χ2n) is 6.40. The van der Waals surface area contributed by atoms with Crippen LogP contribution in [0.3, 0.4) is 0 Å². The van der Waals surface area contributed by atoms with E-state index in [1.165, 1.54) is 26.4 Å². The summed E-state index contributed by atoms with van der Waals surface area (Å²) in [5.74, 6) is -0.661. The number of nitrogens with one attached hydrogen (secondary N) is 1. The zero-order valence-corrected chi connectivity index (χ0v) is 18.1. The number of nitrogens with zero attached hydrogens (tertiary/aromatic N) is 1. The monoisotopic (exact) mass is 464 g/mol. The maximum Gasteiger partial charge on any atom is 0.343 e. The summed E-state index contributed by atoms with van der Waals surface area (Å²) in [6.07, 6.45) is 1.47. The van der Waals surface area contributed by atoms with Crippen molar-refractivity contribution in [2.45, 2.75) is 6.54 Å².